The van der Waals surface area contributed by atoms with Crippen molar-refractivity contribution in [1.29, 1.82) is 0 Å². The second kappa shape index (κ2) is 8.65. The van der Waals surface area contributed by atoms with E-state index < -0.39 is 11.7 Å². The van der Waals surface area contributed by atoms with Gasteiger partial charge < -0.3 is 20.4 Å². The fourth-order valence-corrected chi connectivity index (χ4v) is 3.57. The lowest BCUT2D eigenvalue weighted by molar-refractivity contribution is -0.138. The average molecular weight is 553 g/mol. The maximum absolute atomic E-state index is 13.2. The van der Waals surface area contributed by atoms with Gasteiger partial charge in [-0.25, -0.2) is 4.98 Å². The molecule has 0 saturated carbocycles. The number of fused-ring (bicyclic) bond motifs is 1. The smallest absolute Gasteiger partial charge is 0.417 e. The molecule has 0 aliphatic heterocycles. The first-order valence-electron chi connectivity index (χ1n) is 9.22. The number of halogens is 4. The minimum atomic E-state index is -4.45. The second-order valence-corrected chi connectivity index (χ2v) is 7.80. The van der Waals surface area contributed by atoms with Crippen molar-refractivity contribution in [3.63, 3.8) is 0 Å². The number of hydrogen-bond acceptors (Lipinski definition) is 5. The molecular formula is C21H15F3IN5O2. The standard InChI is InChI=1S/C21H15F3IN5O2/c1-26-19(31)18-10-13(6-7-27-18)32-12-3-5-16-17(9-12)30-20(29-16)28-11-2-4-15(25)14(8-11)21(22,23)24/h2-10H,1H3,(H,26,31)(H2,28,29,30). The van der Waals surface area contributed by atoms with Crippen molar-refractivity contribution in [3.05, 3.63) is 69.6 Å². The number of anilines is 2. The SMILES string of the molecule is CNC(=O)c1cc(Oc2ccc3nc(Nc4ccc(I)c(C(F)(F)F)c4)[nH]c3c2)ccn1. The maximum atomic E-state index is 13.2. The Kier molecular flexibility index (Phi) is 5.91. The van der Waals surface area contributed by atoms with Gasteiger partial charge in [-0.1, -0.05) is 0 Å². The molecule has 0 radical (unpaired) electrons. The van der Waals surface area contributed by atoms with Crippen molar-refractivity contribution < 1.29 is 22.7 Å². The Hall–Kier alpha value is -3.35. The first-order chi connectivity index (χ1) is 15.2. The number of rotatable bonds is 5. The molecule has 3 N–H and O–H groups in total. The van der Waals surface area contributed by atoms with Gasteiger partial charge >= 0.3 is 6.18 Å². The molecule has 4 aromatic rings. The lowest BCUT2D eigenvalue weighted by Crippen LogP contribution is -2.18. The minimum absolute atomic E-state index is 0.114. The summed E-state index contributed by atoms with van der Waals surface area (Å²) < 4.78 is 45.4. The monoisotopic (exact) mass is 553 g/mol. The highest BCUT2D eigenvalue weighted by atomic mass is 127. The van der Waals surface area contributed by atoms with E-state index in [1.54, 1.807) is 52.9 Å². The van der Waals surface area contributed by atoms with Gasteiger partial charge in [-0.05, 0) is 59.0 Å². The Morgan fingerprint density at radius 1 is 1.09 bits per heavy atom. The summed E-state index contributed by atoms with van der Waals surface area (Å²) in [6, 6.07) is 12.2. The largest absolute Gasteiger partial charge is 0.457 e. The van der Waals surface area contributed by atoms with E-state index in [2.05, 4.69) is 25.6 Å². The molecule has 2 aromatic heterocycles. The zero-order valence-corrected chi connectivity index (χ0v) is 18.6. The van der Waals surface area contributed by atoms with Gasteiger partial charge in [0.2, 0.25) is 5.95 Å². The van der Waals surface area contributed by atoms with E-state index in [0.717, 1.165) is 6.07 Å². The van der Waals surface area contributed by atoms with Gasteiger partial charge in [-0.15, -0.1) is 0 Å². The highest BCUT2D eigenvalue weighted by molar-refractivity contribution is 14.1. The molecule has 164 valence electrons. The van der Waals surface area contributed by atoms with Crippen molar-refractivity contribution in [3.8, 4) is 11.5 Å². The van der Waals surface area contributed by atoms with Crippen molar-refractivity contribution >= 4 is 51.2 Å². The Bertz CT molecular complexity index is 1310. The number of ether oxygens (including phenoxy) is 1. The molecule has 11 heteroatoms. The molecule has 1 amide bonds. The number of aromatic amines is 1. The lowest BCUT2D eigenvalue weighted by Gasteiger charge is -2.11. The summed E-state index contributed by atoms with van der Waals surface area (Å²) in [7, 11) is 1.51. The van der Waals surface area contributed by atoms with E-state index in [4.69, 9.17) is 4.74 Å². The van der Waals surface area contributed by atoms with Crippen molar-refractivity contribution in [2.45, 2.75) is 6.18 Å². The molecule has 0 fully saturated rings. The molecular weight excluding hydrogens is 538 g/mol. The number of pyridine rings is 1. The van der Waals surface area contributed by atoms with Crippen molar-refractivity contribution in [2.24, 2.45) is 0 Å². The number of nitrogens with one attached hydrogen (secondary N) is 3. The summed E-state index contributed by atoms with van der Waals surface area (Å²) in [4.78, 5) is 23.1. The van der Waals surface area contributed by atoms with Gasteiger partial charge in [0.25, 0.3) is 5.91 Å². The number of amides is 1. The molecule has 2 aromatic carbocycles. The Morgan fingerprint density at radius 2 is 1.88 bits per heavy atom. The fourth-order valence-electron chi connectivity index (χ4n) is 2.93. The maximum Gasteiger partial charge on any atom is 0.417 e. The quantitative estimate of drug-likeness (QED) is 0.285. The molecule has 2 heterocycles. The van der Waals surface area contributed by atoms with Gasteiger partial charge in [0.1, 0.15) is 17.2 Å². The molecule has 7 nitrogen and oxygen atoms in total. The molecule has 0 saturated heterocycles. The van der Waals surface area contributed by atoms with Crippen molar-refractivity contribution in [2.75, 3.05) is 12.4 Å². The summed E-state index contributed by atoms with van der Waals surface area (Å²) in [5, 5.41) is 5.36. The van der Waals surface area contributed by atoms with Gasteiger partial charge in [0, 0.05) is 34.6 Å². The predicted molar refractivity (Wildman–Crippen MR) is 121 cm³/mol. The first kappa shape index (κ1) is 21.9. The van der Waals surface area contributed by atoms with Gasteiger partial charge in [0.05, 0.1) is 16.6 Å². The van der Waals surface area contributed by atoms with Gasteiger partial charge in [-0.3, -0.25) is 9.78 Å². The number of benzene rings is 2. The predicted octanol–water partition coefficient (Wildman–Crippen LogP) is 5.48. The summed E-state index contributed by atoms with van der Waals surface area (Å²) in [5.74, 6) is 0.863. The number of carbonyl (C=O) groups is 1. The number of nitrogens with zero attached hydrogens (tertiary/aromatic N) is 2. The van der Waals surface area contributed by atoms with E-state index in [0.29, 0.717) is 22.5 Å². The summed E-state index contributed by atoms with van der Waals surface area (Å²) in [6.45, 7) is 0. The van der Waals surface area contributed by atoms with Crippen LogP contribution in [0.15, 0.2) is 54.7 Å². The lowest BCUT2D eigenvalue weighted by atomic mass is 10.2. The van der Waals surface area contributed by atoms with Crippen LogP contribution in [-0.4, -0.2) is 27.9 Å². The first-order valence-corrected chi connectivity index (χ1v) is 10.3. The zero-order chi connectivity index (χ0) is 22.9. The number of imidazole rings is 1. The molecule has 0 aliphatic carbocycles. The van der Waals surface area contributed by atoms with Crippen LogP contribution in [0, 0.1) is 3.57 Å². The van der Waals surface area contributed by atoms with Gasteiger partial charge in [-0.2, -0.15) is 13.2 Å². The number of aromatic nitrogens is 3. The third kappa shape index (κ3) is 4.77. The van der Waals surface area contributed by atoms with Crippen LogP contribution in [0.3, 0.4) is 0 Å². The number of carbonyl (C=O) groups excluding carboxylic acids is 1. The second-order valence-electron chi connectivity index (χ2n) is 6.64. The normalized spacial score (nSPS) is 11.4. The van der Waals surface area contributed by atoms with Crippen LogP contribution in [0.1, 0.15) is 16.1 Å². The molecule has 0 aliphatic rings. The third-order valence-electron chi connectivity index (χ3n) is 4.41. The third-order valence-corrected chi connectivity index (χ3v) is 5.36. The minimum Gasteiger partial charge on any atom is -0.457 e. The molecule has 0 unspecified atom stereocenters. The van der Waals surface area contributed by atoms with Crippen LogP contribution in [0.4, 0.5) is 24.8 Å². The Morgan fingerprint density at radius 3 is 2.62 bits per heavy atom. The van der Waals surface area contributed by atoms with Crippen LogP contribution < -0.4 is 15.4 Å². The van der Waals surface area contributed by atoms with Crippen LogP contribution >= 0.6 is 22.6 Å². The molecule has 0 atom stereocenters. The summed E-state index contributed by atoms with van der Waals surface area (Å²) >= 11 is 1.65. The van der Waals surface area contributed by atoms with E-state index in [1.807, 2.05) is 0 Å². The van der Waals surface area contributed by atoms with Crippen LogP contribution in [0.2, 0.25) is 0 Å². The Labute approximate surface area is 193 Å². The molecule has 0 bridgehead atoms. The van der Waals surface area contributed by atoms with E-state index in [1.165, 1.54) is 25.4 Å². The molecule has 0 spiro atoms. The van der Waals surface area contributed by atoms with Crippen LogP contribution in [0.5, 0.6) is 11.5 Å². The van der Waals surface area contributed by atoms with E-state index in [9.17, 15) is 18.0 Å². The number of alkyl halides is 3. The Balaban J connectivity index is 1.56. The number of hydrogen-bond donors (Lipinski definition) is 3. The van der Waals surface area contributed by atoms with E-state index in [-0.39, 0.29) is 26.8 Å². The summed E-state index contributed by atoms with van der Waals surface area (Å²) in [6.07, 6.45) is -2.98. The highest BCUT2D eigenvalue weighted by Crippen LogP contribution is 2.35. The zero-order valence-electron chi connectivity index (χ0n) is 16.4. The summed E-state index contributed by atoms with van der Waals surface area (Å²) in [5.41, 5.74) is 0.972. The van der Waals surface area contributed by atoms with Crippen LogP contribution in [-0.2, 0) is 6.18 Å². The fraction of sp³-hybridized carbons (Fsp3) is 0.0952. The average Bonchev–Trinajstić information content (AvgIpc) is 3.15. The van der Waals surface area contributed by atoms with Crippen molar-refractivity contribution in [1.82, 2.24) is 20.3 Å². The van der Waals surface area contributed by atoms with E-state index >= 15 is 0 Å². The van der Waals surface area contributed by atoms with Crippen LogP contribution in [0.25, 0.3) is 11.0 Å². The number of H-pyrrole nitrogens is 1. The highest BCUT2D eigenvalue weighted by Gasteiger charge is 2.33. The molecule has 4 rings (SSSR count). The topological polar surface area (TPSA) is 91.9 Å². The molecule has 32 heavy (non-hydrogen) atoms. The van der Waals surface area contributed by atoms with Gasteiger partial charge in [0.15, 0.2) is 0 Å².